The molecule has 0 N–H and O–H groups in total. The number of aromatic nitrogens is 3. The fourth-order valence-corrected chi connectivity index (χ4v) is 3.59. The molecule has 1 aromatic heterocycles. The number of hydrogen-bond acceptors (Lipinski definition) is 4. The van der Waals surface area contributed by atoms with Crippen molar-refractivity contribution in [1.29, 1.82) is 5.26 Å². The molecular weight excluding hydrogens is 254 g/mol. The number of nitriles is 1. The number of nitrogens with zero attached hydrogens (tertiary/aromatic N) is 5. The van der Waals surface area contributed by atoms with Crippen molar-refractivity contribution in [2.24, 2.45) is 5.92 Å². The SMILES string of the molecule is N#Cc1ncn(CC(=O)N2CCCC3CCCCC32)n1. The number of carbonyl (C=O) groups is 1. The average molecular weight is 273 g/mol. The van der Waals surface area contributed by atoms with Gasteiger partial charge in [-0.25, -0.2) is 9.67 Å². The number of amides is 1. The van der Waals surface area contributed by atoms with Crippen LogP contribution in [-0.4, -0.2) is 38.2 Å². The Bertz CT molecular complexity index is 530. The van der Waals surface area contributed by atoms with Gasteiger partial charge in [-0.2, -0.15) is 5.26 Å². The van der Waals surface area contributed by atoms with Crippen LogP contribution in [-0.2, 0) is 11.3 Å². The van der Waals surface area contributed by atoms with Gasteiger partial charge in [-0.15, -0.1) is 5.10 Å². The van der Waals surface area contributed by atoms with Crippen molar-refractivity contribution < 1.29 is 4.79 Å². The third-order valence-corrected chi connectivity index (χ3v) is 4.50. The van der Waals surface area contributed by atoms with E-state index < -0.39 is 0 Å². The molecule has 2 unspecified atom stereocenters. The average Bonchev–Trinajstić information content (AvgIpc) is 2.94. The molecule has 2 atom stereocenters. The third kappa shape index (κ3) is 2.53. The van der Waals surface area contributed by atoms with Crippen LogP contribution in [0.1, 0.15) is 44.3 Å². The molecule has 6 heteroatoms. The fourth-order valence-electron chi connectivity index (χ4n) is 3.59. The summed E-state index contributed by atoms with van der Waals surface area (Å²) in [5.41, 5.74) is 0. The van der Waals surface area contributed by atoms with Gasteiger partial charge in [0, 0.05) is 12.6 Å². The van der Waals surface area contributed by atoms with Gasteiger partial charge in [0.15, 0.2) is 0 Å². The molecule has 0 bridgehead atoms. The Morgan fingerprint density at radius 3 is 2.95 bits per heavy atom. The molecule has 2 fully saturated rings. The Morgan fingerprint density at radius 2 is 2.15 bits per heavy atom. The molecule has 6 nitrogen and oxygen atoms in total. The first-order valence-corrected chi connectivity index (χ1v) is 7.37. The first-order valence-electron chi connectivity index (χ1n) is 7.37. The Balaban J connectivity index is 1.67. The summed E-state index contributed by atoms with van der Waals surface area (Å²) in [4.78, 5) is 18.4. The van der Waals surface area contributed by atoms with Gasteiger partial charge in [0.25, 0.3) is 5.82 Å². The van der Waals surface area contributed by atoms with E-state index in [1.165, 1.54) is 36.7 Å². The lowest BCUT2D eigenvalue weighted by atomic mass is 9.78. The highest BCUT2D eigenvalue weighted by molar-refractivity contribution is 5.76. The van der Waals surface area contributed by atoms with Gasteiger partial charge in [-0.3, -0.25) is 4.79 Å². The van der Waals surface area contributed by atoms with E-state index in [4.69, 9.17) is 5.26 Å². The topological polar surface area (TPSA) is 74.8 Å². The van der Waals surface area contributed by atoms with Crippen molar-refractivity contribution in [1.82, 2.24) is 19.7 Å². The largest absolute Gasteiger partial charge is 0.338 e. The first kappa shape index (κ1) is 13.1. The van der Waals surface area contributed by atoms with E-state index in [0.717, 1.165) is 19.4 Å². The highest BCUT2D eigenvalue weighted by Crippen LogP contribution is 2.35. The van der Waals surface area contributed by atoms with Crippen LogP contribution < -0.4 is 0 Å². The molecule has 1 saturated heterocycles. The number of piperidine rings is 1. The summed E-state index contributed by atoms with van der Waals surface area (Å²) >= 11 is 0. The molecular formula is C14H19N5O. The van der Waals surface area contributed by atoms with Gasteiger partial charge in [0.05, 0.1) is 0 Å². The minimum atomic E-state index is 0.107. The normalized spacial score (nSPS) is 25.9. The van der Waals surface area contributed by atoms with Crippen LogP contribution in [0.25, 0.3) is 0 Å². The van der Waals surface area contributed by atoms with Gasteiger partial charge < -0.3 is 4.90 Å². The maximum absolute atomic E-state index is 12.5. The summed E-state index contributed by atoms with van der Waals surface area (Å²) in [6.45, 7) is 1.05. The molecule has 0 aromatic carbocycles. The van der Waals surface area contributed by atoms with Crippen LogP contribution in [0.5, 0.6) is 0 Å². The Hall–Kier alpha value is -1.90. The Morgan fingerprint density at radius 1 is 1.35 bits per heavy atom. The molecule has 1 aliphatic carbocycles. The Labute approximate surface area is 118 Å². The molecule has 20 heavy (non-hydrogen) atoms. The molecule has 0 spiro atoms. The molecule has 3 rings (SSSR count). The monoisotopic (exact) mass is 273 g/mol. The van der Waals surface area contributed by atoms with Crippen LogP contribution in [0.4, 0.5) is 0 Å². The minimum Gasteiger partial charge on any atom is -0.338 e. The Kier molecular flexibility index (Phi) is 3.68. The molecule has 2 heterocycles. The molecule has 2 aliphatic rings. The minimum absolute atomic E-state index is 0.107. The first-order chi connectivity index (χ1) is 9.78. The van der Waals surface area contributed by atoms with Crippen molar-refractivity contribution in [3.05, 3.63) is 12.2 Å². The third-order valence-electron chi connectivity index (χ3n) is 4.50. The highest BCUT2D eigenvalue weighted by atomic mass is 16.2. The second-order valence-corrected chi connectivity index (χ2v) is 5.72. The van der Waals surface area contributed by atoms with Crippen molar-refractivity contribution in [2.75, 3.05) is 6.54 Å². The van der Waals surface area contributed by atoms with Crippen molar-refractivity contribution >= 4 is 5.91 Å². The number of likely N-dealkylation sites (tertiary alicyclic amines) is 1. The van der Waals surface area contributed by atoms with E-state index in [1.807, 2.05) is 11.0 Å². The molecule has 106 valence electrons. The van der Waals surface area contributed by atoms with E-state index in [0.29, 0.717) is 12.0 Å². The second kappa shape index (κ2) is 5.61. The zero-order valence-corrected chi connectivity index (χ0v) is 11.5. The van der Waals surface area contributed by atoms with E-state index in [-0.39, 0.29) is 18.3 Å². The van der Waals surface area contributed by atoms with E-state index >= 15 is 0 Å². The predicted molar refractivity (Wildman–Crippen MR) is 71.4 cm³/mol. The van der Waals surface area contributed by atoms with Crippen LogP contribution in [0.15, 0.2) is 6.33 Å². The summed E-state index contributed by atoms with van der Waals surface area (Å²) in [5, 5.41) is 12.7. The molecule has 1 amide bonds. The zero-order valence-electron chi connectivity index (χ0n) is 11.5. The standard InChI is InChI=1S/C14H19N5O/c15-8-13-16-10-18(17-13)9-14(20)19-7-3-5-11-4-1-2-6-12(11)19/h10-12H,1-7,9H2. The maximum atomic E-state index is 12.5. The van der Waals surface area contributed by atoms with Crippen LogP contribution in [0.2, 0.25) is 0 Å². The number of rotatable bonds is 2. The molecule has 1 aliphatic heterocycles. The lowest BCUT2D eigenvalue weighted by molar-refractivity contribution is -0.138. The predicted octanol–water partition coefficient (Wildman–Crippen LogP) is 1.33. The van der Waals surface area contributed by atoms with Gasteiger partial charge in [-0.05, 0) is 31.6 Å². The van der Waals surface area contributed by atoms with Crippen molar-refractivity contribution in [2.45, 2.75) is 51.1 Å². The lowest BCUT2D eigenvalue weighted by Gasteiger charge is -2.44. The number of hydrogen-bond donors (Lipinski definition) is 0. The van der Waals surface area contributed by atoms with Crippen molar-refractivity contribution in [3.63, 3.8) is 0 Å². The second-order valence-electron chi connectivity index (χ2n) is 5.72. The summed E-state index contributed by atoms with van der Waals surface area (Å²) < 4.78 is 1.47. The van der Waals surface area contributed by atoms with Crippen LogP contribution >= 0.6 is 0 Å². The quantitative estimate of drug-likeness (QED) is 0.814. The lowest BCUT2D eigenvalue weighted by Crippen LogP contribution is -2.50. The van der Waals surface area contributed by atoms with Gasteiger partial charge >= 0.3 is 0 Å². The molecule has 1 aromatic rings. The van der Waals surface area contributed by atoms with Gasteiger partial charge in [0.1, 0.15) is 18.9 Å². The van der Waals surface area contributed by atoms with E-state index in [2.05, 4.69) is 10.1 Å². The molecule has 0 radical (unpaired) electrons. The zero-order chi connectivity index (χ0) is 13.9. The van der Waals surface area contributed by atoms with Crippen LogP contribution in [0, 0.1) is 17.2 Å². The van der Waals surface area contributed by atoms with E-state index in [1.54, 1.807) is 0 Å². The van der Waals surface area contributed by atoms with E-state index in [9.17, 15) is 4.79 Å². The van der Waals surface area contributed by atoms with Gasteiger partial charge in [0.2, 0.25) is 5.91 Å². The highest BCUT2D eigenvalue weighted by Gasteiger charge is 2.35. The fraction of sp³-hybridized carbons (Fsp3) is 0.714. The van der Waals surface area contributed by atoms with Gasteiger partial charge in [-0.1, -0.05) is 12.8 Å². The maximum Gasteiger partial charge on any atom is 0.252 e. The summed E-state index contributed by atoms with van der Waals surface area (Å²) in [5.74, 6) is 0.912. The van der Waals surface area contributed by atoms with Crippen molar-refractivity contribution in [3.8, 4) is 6.07 Å². The smallest absolute Gasteiger partial charge is 0.252 e. The summed E-state index contributed by atoms with van der Waals surface area (Å²) in [7, 11) is 0. The number of carbonyl (C=O) groups excluding carboxylic acids is 1. The molecule has 1 saturated carbocycles. The number of fused-ring (bicyclic) bond motifs is 1. The summed E-state index contributed by atoms with van der Waals surface area (Å²) in [6.07, 6.45) is 8.75. The van der Waals surface area contributed by atoms with Crippen LogP contribution in [0.3, 0.4) is 0 Å². The summed E-state index contributed by atoms with van der Waals surface area (Å²) in [6, 6.07) is 2.30.